The molecule has 0 heterocycles. The molecule has 1 N–H and O–H groups in total. The summed E-state index contributed by atoms with van der Waals surface area (Å²) >= 11 is 0. The average molecular weight is 260 g/mol. The Morgan fingerprint density at radius 3 is 2.84 bits per heavy atom. The summed E-state index contributed by atoms with van der Waals surface area (Å²) in [6, 6.07) is 6.27. The molecular weight excluding hydrogens is 244 g/mol. The summed E-state index contributed by atoms with van der Waals surface area (Å²) in [6.07, 6.45) is 5.35. The number of rotatable bonds is 4. The maximum Gasteiger partial charge on any atom is 0.271 e. The number of allylic oxidation sites excluding steroid dienone is 1. The molecule has 0 aliphatic heterocycles. The van der Waals surface area contributed by atoms with Crippen molar-refractivity contribution in [3.05, 3.63) is 46.7 Å². The number of hydrogen-bond donors (Lipinski definition) is 1. The maximum atomic E-state index is 11.7. The van der Waals surface area contributed by atoms with Crippen molar-refractivity contribution in [3.63, 3.8) is 0 Å². The first-order chi connectivity index (χ1) is 9.08. The van der Waals surface area contributed by atoms with E-state index >= 15 is 0 Å². The normalized spacial score (nSPS) is 22.9. The van der Waals surface area contributed by atoms with Crippen LogP contribution in [0, 0.1) is 22.0 Å². The summed E-state index contributed by atoms with van der Waals surface area (Å²) in [5.74, 6) is 0.394. The van der Waals surface area contributed by atoms with Gasteiger partial charge in [-0.15, -0.1) is 0 Å². The predicted molar refractivity (Wildman–Crippen MR) is 72.8 cm³/mol. The van der Waals surface area contributed by atoms with Gasteiger partial charge in [0.15, 0.2) is 0 Å². The van der Waals surface area contributed by atoms with Crippen molar-refractivity contribution >= 4 is 17.2 Å². The number of carbonyl (C=O) groups is 1. The Morgan fingerprint density at radius 1 is 1.42 bits per heavy atom. The molecule has 0 saturated heterocycles. The van der Waals surface area contributed by atoms with Crippen LogP contribution in [0.4, 0.5) is 11.4 Å². The number of benzene rings is 1. The molecule has 1 fully saturated rings. The number of nitro benzene ring substituents is 1. The van der Waals surface area contributed by atoms with Crippen molar-refractivity contribution in [1.82, 2.24) is 0 Å². The van der Waals surface area contributed by atoms with Gasteiger partial charge in [-0.25, -0.2) is 0 Å². The van der Waals surface area contributed by atoms with Gasteiger partial charge in [-0.3, -0.25) is 14.9 Å². The lowest BCUT2D eigenvalue weighted by atomic mass is 10.0. The summed E-state index contributed by atoms with van der Waals surface area (Å²) in [6.45, 7) is 1.95. The van der Waals surface area contributed by atoms with Crippen LogP contribution in [0.2, 0.25) is 0 Å². The van der Waals surface area contributed by atoms with Crippen LogP contribution < -0.4 is 5.32 Å². The topological polar surface area (TPSA) is 72.2 Å². The van der Waals surface area contributed by atoms with Crippen LogP contribution in [0.1, 0.15) is 19.8 Å². The highest BCUT2D eigenvalue weighted by Gasteiger charge is 2.28. The molecule has 2 atom stereocenters. The van der Waals surface area contributed by atoms with Gasteiger partial charge in [-0.05, 0) is 25.1 Å². The zero-order valence-electron chi connectivity index (χ0n) is 10.7. The van der Waals surface area contributed by atoms with E-state index < -0.39 is 4.92 Å². The number of nitro groups is 1. The summed E-state index contributed by atoms with van der Waals surface area (Å²) in [5, 5.41) is 13.6. The molecule has 2 unspecified atom stereocenters. The molecule has 0 amide bonds. The van der Waals surface area contributed by atoms with E-state index in [1.165, 1.54) is 12.1 Å². The molecule has 1 aromatic rings. The molecule has 0 spiro atoms. The van der Waals surface area contributed by atoms with Crippen molar-refractivity contribution in [3.8, 4) is 0 Å². The van der Waals surface area contributed by atoms with Crippen molar-refractivity contribution in [1.29, 1.82) is 0 Å². The Kier molecular flexibility index (Phi) is 3.94. The van der Waals surface area contributed by atoms with Gasteiger partial charge in [0.2, 0.25) is 0 Å². The van der Waals surface area contributed by atoms with Gasteiger partial charge in [0, 0.05) is 29.7 Å². The minimum absolute atomic E-state index is 0.0267. The van der Waals surface area contributed by atoms with Gasteiger partial charge in [0.05, 0.1) is 4.92 Å². The quantitative estimate of drug-likeness (QED) is 0.666. The Bertz CT molecular complexity index is 525. The second kappa shape index (κ2) is 5.65. The summed E-state index contributed by atoms with van der Waals surface area (Å²) in [4.78, 5) is 21.9. The Hall–Kier alpha value is -2.17. The van der Waals surface area contributed by atoms with Crippen LogP contribution in [-0.4, -0.2) is 10.7 Å². The van der Waals surface area contributed by atoms with Crippen molar-refractivity contribution in [2.24, 2.45) is 11.8 Å². The van der Waals surface area contributed by atoms with E-state index in [1.54, 1.807) is 18.3 Å². The second-order valence-corrected chi connectivity index (χ2v) is 4.80. The van der Waals surface area contributed by atoms with Crippen LogP contribution in [-0.2, 0) is 4.79 Å². The number of carbonyl (C=O) groups excluding carboxylic acids is 1. The molecule has 19 heavy (non-hydrogen) atoms. The highest BCUT2D eigenvalue weighted by Crippen LogP contribution is 2.27. The van der Waals surface area contributed by atoms with E-state index in [-0.39, 0.29) is 23.3 Å². The maximum absolute atomic E-state index is 11.7. The molecular formula is C14H16N2O3. The fraction of sp³-hybridized carbons (Fsp3) is 0.357. The Morgan fingerprint density at radius 2 is 2.21 bits per heavy atom. The molecule has 1 aliphatic carbocycles. The molecule has 0 aromatic heterocycles. The second-order valence-electron chi connectivity index (χ2n) is 4.80. The van der Waals surface area contributed by atoms with Gasteiger partial charge < -0.3 is 5.32 Å². The molecule has 0 bridgehead atoms. The average Bonchev–Trinajstić information content (AvgIpc) is 2.71. The largest absolute Gasteiger partial charge is 0.362 e. The van der Waals surface area contributed by atoms with Gasteiger partial charge in [0.25, 0.3) is 5.69 Å². The smallest absolute Gasteiger partial charge is 0.271 e. The van der Waals surface area contributed by atoms with Crippen LogP contribution in [0.15, 0.2) is 36.5 Å². The fourth-order valence-corrected chi connectivity index (χ4v) is 2.24. The van der Waals surface area contributed by atoms with Crippen molar-refractivity contribution < 1.29 is 9.72 Å². The van der Waals surface area contributed by atoms with E-state index in [0.717, 1.165) is 12.8 Å². The molecule has 1 saturated carbocycles. The van der Waals surface area contributed by atoms with Gasteiger partial charge in [-0.1, -0.05) is 19.1 Å². The Labute approximate surface area is 111 Å². The molecule has 100 valence electrons. The van der Waals surface area contributed by atoms with Crippen LogP contribution in [0.5, 0.6) is 0 Å². The summed E-state index contributed by atoms with van der Waals surface area (Å²) in [5.41, 5.74) is 0.688. The molecule has 5 nitrogen and oxygen atoms in total. The minimum Gasteiger partial charge on any atom is -0.362 e. The zero-order valence-corrected chi connectivity index (χ0v) is 10.7. The third-order valence-electron chi connectivity index (χ3n) is 3.40. The fourth-order valence-electron chi connectivity index (χ4n) is 2.24. The van der Waals surface area contributed by atoms with Crippen LogP contribution in [0.25, 0.3) is 0 Å². The first-order valence-corrected chi connectivity index (χ1v) is 6.29. The van der Waals surface area contributed by atoms with Gasteiger partial charge >= 0.3 is 0 Å². The third kappa shape index (κ3) is 3.19. The number of nitrogens with zero attached hydrogens (tertiary/aromatic N) is 1. The molecule has 1 aliphatic rings. The molecule has 5 heteroatoms. The minimum atomic E-state index is -0.433. The van der Waals surface area contributed by atoms with E-state index in [0.29, 0.717) is 5.69 Å². The first kappa shape index (κ1) is 13.3. The number of Topliss-reactive ketones (excluding diaryl/α,β-unsaturated/α-hetero) is 1. The molecule has 1 aromatic carbocycles. The number of ketones is 1. The standard InChI is InChI=1S/C14H16N2O3/c1-10-5-6-11(14(10)17)7-8-15-12-3-2-4-13(9-12)16(18)19/h2-4,7-11,15H,5-6H2,1H3. The van der Waals surface area contributed by atoms with Gasteiger partial charge in [0.1, 0.15) is 5.78 Å². The number of anilines is 1. The molecule has 2 rings (SSSR count). The predicted octanol–water partition coefficient (Wildman–Crippen LogP) is 3.14. The Balaban J connectivity index is 1.97. The van der Waals surface area contributed by atoms with Crippen molar-refractivity contribution in [2.45, 2.75) is 19.8 Å². The number of non-ortho nitro benzene ring substituents is 1. The lowest BCUT2D eigenvalue weighted by molar-refractivity contribution is -0.384. The highest BCUT2D eigenvalue weighted by atomic mass is 16.6. The summed E-state index contributed by atoms with van der Waals surface area (Å²) in [7, 11) is 0. The molecule has 0 radical (unpaired) electrons. The monoisotopic (exact) mass is 260 g/mol. The first-order valence-electron chi connectivity index (χ1n) is 6.29. The van der Waals surface area contributed by atoms with Crippen LogP contribution >= 0.6 is 0 Å². The number of nitrogens with one attached hydrogen (secondary N) is 1. The highest BCUT2D eigenvalue weighted by molar-refractivity contribution is 5.86. The van der Waals surface area contributed by atoms with Crippen LogP contribution in [0.3, 0.4) is 0 Å². The summed E-state index contributed by atoms with van der Waals surface area (Å²) < 4.78 is 0. The zero-order chi connectivity index (χ0) is 13.8. The van der Waals surface area contributed by atoms with E-state index in [9.17, 15) is 14.9 Å². The van der Waals surface area contributed by atoms with E-state index in [1.807, 2.05) is 13.0 Å². The lowest BCUT2D eigenvalue weighted by Crippen LogP contribution is -2.09. The number of hydrogen-bond acceptors (Lipinski definition) is 4. The van der Waals surface area contributed by atoms with E-state index in [4.69, 9.17) is 0 Å². The third-order valence-corrected chi connectivity index (χ3v) is 3.40. The van der Waals surface area contributed by atoms with Crippen molar-refractivity contribution in [2.75, 3.05) is 5.32 Å². The van der Waals surface area contributed by atoms with Gasteiger partial charge in [-0.2, -0.15) is 0 Å². The van der Waals surface area contributed by atoms with E-state index in [2.05, 4.69) is 5.32 Å². The lowest BCUT2D eigenvalue weighted by Gasteiger charge is -2.03. The SMILES string of the molecule is CC1CCC(C=CNc2cccc([N+](=O)[O-])c2)C1=O.